The van der Waals surface area contributed by atoms with Gasteiger partial charge in [-0.3, -0.25) is 4.79 Å². The molecular formula is C18H17NO6. The van der Waals surface area contributed by atoms with Crippen LogP contribution in [0, 0.1) is 0 Å². The second-order valence-corrected chi connectivity index (χ2v) is 5.87. The molecule has 2 aliphatic heterocycles. The van der Waals surface area contributed by atoms with E-state index in [9.17, 15) is 9.90 Å². The molecule has 0 radical (unpaired) electrons. The van der Waals surface area contributed by atoms with Crippen LogP contribution < -0.4 is 24.3 Å². The number of ether oxygens (including phenoxy) is 4. The van der Waals surface area contributed by atoms with Crippen LogP contribution in [-0.4, -0.2) is 32.0 Å². The molecule has 7 nitrogen and oxygen atoms in total. The van der Waals surface area contributed by atoms with E-state index in [4.69, 9.17) is 18.9 Å². The van der Waals surface area contributed by atoms with Gasteiger partial charge >= 0.3 is 0 Å². The van der Waals surface area contributed by atoms with Gasteiger partial charge < -0.3 is 29.4 Å². The number of amides is 1. The molecule has 0 aromatic heterocycles. The summed E-state index contributed by atoms with van der Waals surface area (Å²) in [4.78, 5) is 12.2. The van der Waals surface area contributed by atoms with E-state index in [1.807, 2.05) is 6.07 Å². The number of benzene rings is 2. The van der Waals surface area contributed by atoms with Crippen molar-refractivity contribution in [3.05, 3.63) is 35.4 Å². The highest BCUT2D eigenvalue weighted by Gasteiger charge is 2.31. The number of rotatable bonds is 3. The van der Waals surface area contributed by atoms with Crippen molar-refractivity contribution in [2.75, 3.05) is 26.3 Å². The Balaban J connectivity index is 1.86. The number of carbonyl (C=O) groups is 1. The molecule has 7 heteroatoms. The molecule has 1 atom stereocenters. The van der Waals surface area contributed by atoms with Gasteiger partial charge in [-0.1, -0.05) is 0 Å². The zero-order valence-corrected chi connectivity index (χ0v) is 13.8. The van der Waals surface area contributed by atoms with Gasteiger partial charge in [-0.2, -0.15) is 0 Å². The fourth-order valence-electron chi connectivity index (χ4n) is 3.26. The van der Waals surface area contributed by atoms with Crippen LogP contribution in [0.1, 0.15) is 23.5 Å². The molecule has 2 aromatic carbocycles. The minimum atomic E-state index is -0.221. The number of anilines is 1. The highest BCUT2D eigenvalue weighted by molar-refractivity contribution is 5.96. The largest absolute Gasteiger partial charge is 0.502 e. The third-order valence-corrected chi connectivity index (χ3v) is 4.49. The number of phenols is 1. The summed E-state index contributed by atoms with van der Waals surface area (Å²) in [5.74, 6) is 1.47. The van der Waals surface area contributed by atoms with Crippen LogP contribution in [0.5, 0.6) is 28.7 Å². The number of nitrogens with one attached hydrogen (secondary N) is 1. The van der Waals surface area contributed by atoms with Crippen molar-refractivity contribution in [1.82, 2.24) is 0 Å². The van der Waals surface area contributed by atoms with Gasteiger partial charge in [0.05, 0.1) is 14.2 Å². The molecule has 4 rings (SSSR count). The first-order valence-corrected chi connectivity index (χ1v) is 7.79. The predicted molar refractivity (Wildman–Crippen MR) is 88.9 cm³/mol. The van der Waals surface area contributed by atoms with Crippen molar-refractivity contribution in [3.8, 4) is 28.7 Å². The summed E-state index contributed by atoms with van der Waals surface area (Å²) < 4.78 is 21.3. The molecule has 0 aliphatic carbocycles. The van der Waals surface area contributed by atoms with Crippen molar-refractivity contribution >= 4 is 11.6 Å². The fraction of sp³-hybridized carbons (Fsp3) is 0.278. The number of methoxy groups -OCH3 is 2. The van der Waals surface area contributed by atoms with E-state index in [2.05, 4.69) is 5.32 Å². The molecule has 25 heavy (non-hydrogen) atoms. The highest BCUT2D eigenvalue weighted by atomic mass is 16.7. The van der Waals surface area contributed by atoms with E-state index in [1.54, 1.807) is 18.2 Å². The first kappa shape index (κ1) is 15.4. The molecule has 0 saturated heterocycles. The lowest BCUT2D eigenvalue weighted by Crippen LogP contribution is -2.23. The van der Waals surface area contributed by atoms with Gasteiger partial charge in [-0.05, 0) is 29.3 Å². The maximum Gasteiger partial charge on any atom is 0.231 e. The van der Waals surface area contributed by atoms with Gasteiger partial charge in [0.25, 0.3) is 0 Å². The maximum atomic E-state index is 12.2. The summed E-state index contributed by atoms with van der Waals surface area (Å²) in [7, 11) is 2.94. The molecule has 2 aliphatic rings. The van der Waals surface area contributed by atoms with Crippen LogP contribution in [0.3, 0.4) is 0 Å². The first-order valence-electron chi connectivity index (χ1n) is 7.79. The molecule has 130 valence electrons. The average Bonchev–Trinajstić information content (AvgIpc) is 3.06. The van der Waals surface area contributed by atoms with E-state index in [0.717, 1.165) is 11.1 Å². The molecule has 2 N–H and O–H groups in total. The highest BCUT2D eigenvalue weighted by Crippen LogP contribution is 2.47. The zero-order chi connectivity index (χ0) is 17.6. The van der Waals surface area contributed by atoms with Crippen molar-refractivity contribution < 1.29 is 28.8 Å². The van der Waals surface area contributed by atoms with Crippen LogP contribution in [0.4, 0.5) is 5.69 Å². The normalized spacial score (nSPS) is 17.7. The van der Waals surface area contributed by atoms with Gasteiger partial charge in [-0.25, -0.2) is 0 Å². The maximum absolute atomic E-state index is 12.2. The van der Waals surface area contributed by atoms with Crippen LogP contribution in [0.2, 0.25) is 0 Å². The number of phenolic OH excluding ortho intramolecular Hbond substituents is 1. The second kappa shape index (κ2) is 5.77. The summed E-state index contributed by atoms with van der Waals surface area (Å²) in [5, 5.41) is 13.0. The Hall–Kier alpha value is -3.09. The number of hydrogen-bond acceptors (Lipinski definition) is 6. The Kier molecular flexibility index (Phi) is 3.56. The summed E-state index contributed by atoms with van der Waals surface area (Å²) in [5.41, 5.74) is 2.41. The second-order valence-electron chi connectivity index (χ2n) is 5.87. The number of hydrogen-bond donors (Lipinski definition) is 2. The van der Waals surface area contributed by atoms with Crippen molar-refractivity contribution in [3.63, 3.8) is 0 Å². The standard InChI is InChI=1S/C18H17NO6/c1-22-15-3-9(4-16(23-2)18(15)21)10-6-17(20)19-12-7-14-13(5-11(10)12)24-8-25-14/h3-5,7,10,21H,6,8H2,1-2H3,(H,19,20)/t10-/m0/s1. The van der Waals surface area contributed by atoms with Gasteiger partial charge in [0.15, 0.2) is 23.0 Å². The Morgan fingerprint density at radius 3 is 2.36 bits per heavy atom. The quantitative estimate of drug-likeness (QED) is 0.891. The Bertz CT molecular complexity index is 838. The summed E-state index contributed by atoms with van der Waals surface area (Å²) in [6.45, 7) is 0.164. The van der Waals surface area contributed by atoms with Gasteiger partial charge in [0, 0.05) is 24.1 Å². The van der Waals surface area contributed by atoms with Gasteiger partial charge in [0.1, 0.15) is 0 Å². The van der Waals surface area contributed by atoms with E-state index >= 15 is 0 Å². The number of aromatic hydroxyl groups is 1. The molecule has 0 unspecified atom stereocenters. The van der Waals surface area contributed by atoms with Crippen LogP contribution in [0.25, 0.3) is 0 Å². The first-order chi connectivity index (χ1) is 12.1. The fourth-order valence-corrected chi connectivity index (χ4v) is 3.26. The lowest BCUT2D eigenvalue weighted by atomic mass is 9.84. The Labute approximate surface area is 144 Å². The van der Waals surface area contributed by atoms with E-state index in [-0.39, 0.29) is 30.8 Å². The van der Waals surface area contributed by atoms with Crippen LogP contribution in [0.15, 0.2) is 24.3 Å². The van der Waals surface area contributed by atoms with Crippen molar-refractivity contribution in [1.29, 1.82) is 0 Å². The Morgan fingerprint density at radius 1 is 1.08 bits per heavy atom. The van der Waals surface area contributed by atoms with Crippen molar-refractivity contribution in [2.24, 2.45) is 0 Å². The minimum Gasteiger partial charge on any atom is -0.502 e. The van der Waals surface area contributed by atoms with Crippen molar-refractivity contribution in [2.45, 2.75) is 12.3 Å². The molecule has 0 saturated carbocycles. The summed E-state index contributed by atoms with van der Waals surface area (Å²) in [6.07, 6.45) is 0.268. The topological polar surface area (TPSA) is 86.3 Å². The van der Waals surface area contributed by atoms with Crippen LogP contribution >= 0.6 is 0 Å². The monoisotopic (exact) mass is 343 g/mol. The lowest BCUT2D eigenvalue weighted by molar-refractivity contribution is -0.116. The molecule has 0 bridgehead atoms. The van der Waals surface area contributed by atoms with Gasteiger partial charge in [-0.15, -0.1) is 0 Å². The molecule has 2 heterocycles. The zero-order valence-electron chi connectivity index (χ0n) is 13.8. The van der Waals surface area contributed by atoms with E-state index in [0.29, 0.717) is 28.7 Å². The summed E-state index contributed by atoms with van der Waals surface area (Å²) >= 11 is 0. The summed E-state index contributed by atoms with van der Waals surface area (Å²) in [6, 6.07) is 7.09. The molecule has 2 aromatic rings. The molecule has 1 amide bonds. The number of fused-ring (bicyclic) bond motifs is 2. The van der Waals surface area contributed by atoms with E-state index < -0.39 is 0 Å². The number of carbonyl (C=O) groups excluding carboxylic acids is 1. The lowest BCUT2D eigenvalue weighted by Gasteiger charge is -2.27. The third-order valence-electron chi connectivity index (χ3n) is 4.49. The SMILES string of the molecule is COc1cc([C@@H]2CC(=O)Nc3cc4c(cc32)OCO4)cc(OC)c1O. The van der Waals surface area contributed by atoms with Gasteiger partial charge in [0.2, 0.25) is 18.4 Å². The van der Waals surface area contributed by atoms with E-state index in [1.165, 1.54) is 14.2 Å². The molecule has 0 spiro atoms. The third kappa shape index (κ3) is 2.48. The van der Waals surface area contributed by atoms with Crippen LogP contribution in [-0.2, 0) is 4.79 Å². The predicted octanol–water partition coefficient (Wildman–Crippen LogP) is 2.61. The average molecular weight is 343 g/mol. The molecule has 0 fully saturated rings. The smallest absolute Gasteiger partial charge is 0.231 e. The minimum absolute atomic E-state index is 0.0695. The molecular weight excluding hydrogens is 326 g/mol. The Morgan fingerprint density at radius 2 is 1.72 bits per heavy atom.